The minimum atomic E-state index is -4.06. The van der Waals surface area contributed by atoms with Crippen LogP contribution in [0.2, 0.25) is 0 Å². The van der Waals surface area contributed by atoms with Gasteiger partial charge in [-0.2, -0.15) is 0 Å². The highest BCUT2D eigenvalue weighted by Crippen LogP contribution is 2.33. The van der Waals surface area contributed by atoms with Gasteiger partial charge in [0.25, 0.3) is 15.9 Å². The fourth-order valence-electron chi connectivity index (χ4n) is 4.21. The highest BCUT2D eigenvalue weighted by Gasteiger charge is 2.31. The summed E-state index contributed by atoms with van der Waals surface area (Å²) in [6.07, 6.45) is -0.335. The molecule has 186 valence electrons. The van der Waals surface area contributed by atoms with Gasteiger partial charge in [-0.1, -0.05) is 30.3 Å². The second-order valence-electron chi connectivity index (χ2n) is 8.37. The van der Waals surface area contributed by atoms with Crippen LogP contribution in [0.5, 0.6) is 11.5 Å². The van der Waals surface area contributed by atoms with Crippen LogP contribution in [0.4, 0.5) is 11.4 Å². The minimum absolute atomic E-state index is 0.0138. The molecule has 1 atom stereocenters. The van der Waals surface area contributed by atoms with Crippen molar-refractivity contribution in [3.05, 3.63) is 77.9 Å². The average molecular weight is 509 g/mol. The number of carbonyl (C=O) groups is 2. The predicted molar refractivity (Wildman–Crippen MR) is 132 cm³/mol. The van der Waals surface area contributed by atoms with Gasteiger partial charge in [-0.05, 0) is 49.2 Å². The van der Waals surface area contributed by atoms with E-state index < -0.39 is 22.1 Å². The molecule has 1 N–H and O–H groups in total. The zero-order valence-corrected chi connectivity index (χ0v) is 20.3. The Kier molecular flexibility index (Phi) is 6.27. The summed E-state index contributed by atoms with van der Waals surface area (Å²) in [5.41, 5.74) is 1.88. The van der Waals surface area contributed by atoms with Crippen LogP contribution in [0, 0.1) is 0 Å². The largest absolute Gasteiger partial charge is 0.486 e. The number of amides is 1. The van der Waals surface area contributed by atoms with E-state index in [4.69, 9.17) is 14.2 Å². The number of rotatable bonds is 6. The molecule has 2 aliphatic rings. The van der Waals surface area contributed by atoms with Gasteiger partial charge in [-0.25, -0.2) is 13.2 Å². The lowest BCUT2D eigenvalue weighted by molar-refractivity contribution is -0.126. The van der Waals surface area contributed by atoms with Crippen molar-refractivity contribution < 1.29 is 32.2 Å². The predicted octanol–water partition coefficient (Wildman–Crippen LogP) is 3.39. The fraction of sp³-hybridized carbons (Fsp3) is 0.231. The van der Waals surface area contributed by atoms with E-state index in [0.717, 1.165) is 17.7 Å². The van der Waals surface area contributed by atoms with E-state index in [1.54, 1.807) is 17.0 Å². The van der Waals surface area contributed by atoms with Crippen molar-refractivity contribution in [2.24, 2.45) is 0 Å². The quantitative estimate of drug-likeness (QED) is 0.508. The van der Waals surface area contributed by atoms with Crippen LogP contribution in [0.25, 0.3) is 0 Å². The van der Waals surface area contributed by atoms with Gasteiger partial charge in [0.1, 0.15) is 13.2 Å². The van der Waals surface area contributed by atoms with Crippen molar-refractivity contribution in [2.75, 3.05) is 29.4 Å². The van der Waals surface area contributed by atoms with Crippen molar-refractivity contribution in [1.82, 2.24) is 0 Å². The van der Waals surface area contributed by atoms with Crippen LogP contribution >= 0.6 is 0 Å². The van der Waals surface area contributed by atoms with Gasteiger partial charge in [0.05, 0.1) is 16.1 Å². The molecule has 36 heavy (non-hydrogen) atoms. The molecule has 0 saturated carbocycles. The standard InChI is InChI=1S/C26H24N2O7S/c1-17(25(29)28-13-12-18-6-2-5-9-22(18)28)35-26(30)20-7-3-4-8-21(20)27-36(31,32)19-10-11-23-24(16-19)34-15-14-33-23/h2-11,16-17,27H,12-15H2,1H3/t17-/m0/s1. The molecule has 1 amide bonds. The molecule has 3 aromatic carbocycles. The molecule has 10 heteroatoms. The molecule has 0 unspecified atom stereocenters. The summed E-state index contributed by atoms with van der Waals surface area (Å²) in [4.78, 5) is 27.5. The third kappa shape index (κ3) is 4.59. The van der Waals surface area contributed by atoms with Crippen LogP contribution in [0.3, 0.4) is 0 Å². The molecule has 0 fully saturated rings. The number of nitrogens with zero attached hydrogens (tertiary/aromatic N) is 1. The Hall–Kier alpha value is -4.05. The number of ether oxygens (including phenoxy) is 3. The molecule has 0 aliphatic carbocycles. The first kappa shape index (κ1) is 23.7. The molecule has 5 rings (SSSR count). The molecule has 0 aromatic heterocycles. The maximum absolute atomic E-state index is 13.1. The van der Waals surface area contributed by atoms with E-state index >= 15 is 0 Å². The van der Waals surface area contributed by atoms with Gasteiger partial charge in [-0.3, -0.25) is 9.52 Å². The number of hydrogen-bond acceptors (Lipinski definition) is 7. The molecule has 2 heterocycles. The molecule has 2 aliphatic heterocycles. The lowest BCUT2D eigenvalue weighted by Gasteiger charge is -2.22. The van der Waals surface area contributed by atoms with Crippen LogP contribution < -0.4 is 19.1 Å². The molecule has 0 saturated heterocycles. The summed E-state index contributed by atoms with van der Waals surface area (Å²) in [7, 11) is -4.06. The molecule has 0 bridgehead atoms. The van der Waals surface area contributed by atoms with Crippen molar-refractivity contribution in [3.63, 3.8) is 0 Å². The smallest absolute Gasteiger partial charge is 0.341 e. The SMILES string of the molecule is C[C@H](OC(=O)c1ccccc1NS(=O)(=O)c1ccc2c(c1)OCCO2)C(=O)N1CCc2ccccc21. The van der Waals surface area contributed by atoms with Crippen molar-refractivity contribution in [3.8, 4) is 11.5 Å². The Morgan fingerprint density at radius 1 is 0.972 bits per heavy atom. The number of benzene rings is 3. The van der Waals surface area contributed by atoms with Gasteiger partial charge in [0, 0.05) is 18.3 Å². The number of esters is 1. The van der Waals surface area contributed by atoms with E-state index in [1.807, 2.05) is 24.3 Å². The number of fused-ring (bicyclic) bond motifs is 2. The third-order valence-electron chi connectivity index (χ3n) is 6.00. The Bertz CT molecular complexity index is 1440. The van der Waals surface area contributed by atoms with Crippen molar-refractivity contribution in [2.45, 2.75) is 24.3 Å². The van der Waals surface area contributed by atoms with Crippen LogP contribution in [-0.2, 0) is 26.0 Å². The Balaban J connectivity index is 1.32. The average Bonchev–Trinajstić information content (AvgIpc) is 3.32. The number of sulfonamides is 1. The highest BCUT2D eigenvalue weighted by atomic mass is 32.2. The number of hydrogen-bond donors (Lipinski definition) is 1. The summed E-state index contributed by atoms with van der Waals surface area (Å²) in [5.74, 6) is -0.373. The normalized spacial score (nSPS) is 15.1. The summed E-state index contributed by atoms with van der Waals surface area (Å²) >= 11 is 0. The van der Waals surface area contributed by atoms with Crippen LogP contribution in [0.15, 0.2) is 71.6 Å². The second kappa shape index (κ2) is 9.54. The molecule has 0 radical (unpaired) electrons. The first-order chi connectivity index (χ1) is 17.3. The van der Waals surface area contributed by atoms with Crippen molar-refractivity contribution in [1.29, 1.82) is 0 Å². The lowest BCUT2D eigenvalue weighted by atomic mass is 10.2. The number of para-hydroxylation sites is 2. The van der Waals surface area contributed by atoms with Crippen molar-refractivity contribution >= 4 is 33.3 Å². The van der Waals surface area contributed by atoms with Gasteiger partial charge in [0.2, 0.25) is 0 Å². The maximum Gasteiger partial charge on any atom is 0.341 e. The highest BCUT2D eigenvalue weighted by molar-refractivity contribution is 7.92. The first-order valence-corrected chi connectivity index (χ1v) is 12.9. The third-order valence-corrected chi connectivity index (χ3v) is 7.36. The lowest BCUT2D eigenvalue weighted by Crippen LogP contribution is -2.39. The fourth-order valence-corrected chi connectivity index (χ4v) is 5.30. The monoisotopic (exact) mass is 508 g/mol. The Morgan fingerprint density at radius 2 is 1.69 bits per heavy atom. The maximum atomic E-state index is 13.1. The topological polar surface area (TPSA) is 111 Å². The Morgan fingerprint density at radius 3 is 2.53 bits per heavy atom. The number of carbonyl (C=O) groups excluding carboxylic acids is 2. The van der Waals surface area contributed by atoms with E-state index in [9.17, 15) is 18.0 Å². The molecule has 0 spiro atoms. The minimum Gasteiger partial charge on any atom is -0.486 e. The molecular formula is C26H24N2O7S. The zero-order valence-electron chi connectivity index (χ0n) is 19.5. The van der Waals surface area contributed by atoms with Gasteiger partial charge in [0.15, 0.2) is 17.6 Å². The van der Waals surface area contributed by atoms with E-state index in [0.29, 0.717) is 31.3 Å². The molecule has 9 nitrogen and oxygen atoms in total. The van der Waals surface area contributed by atoms with E-state index in [-0.39, 0.29) is 22.1 Å². The van der Waals surface area contributed by atoms with Crippen LogP contribution in [0.1, 0.15) is 22.8 Å². The summed E-state index contributed by atoms with van der Waals surface area (Å²) < 4.78 is 44.9. The number of anilines is 2. The van der Waals surface area contributed by atoms with E-state index in [2.05, 4.69) is 4.72 Å². The summed E-state index contributed by atoms with van der Waals surface area (Å²) in [6.45, 7) is 2.71. The van der Waals surface area contributed by atoms with E-state index in [1.165, 1.54) is 37.3 Å². The Labute approximate surface area is 208 Å². The van der Waals surface area contributed by atoms with Gasteiger partial charge >= 0.3 is 5.97 Å². The summed E-state index contributed by atoms with van der Waals surface area (Å²) in [5, 5.41) is 0. The molecule has 3 aromatic rings. The number of nitrogens with one attached hydrogen (secondary N) is 1. The second-order valence-corrected chi connectivity index (χ2v) is 10.1. The van der Waals surface area contributed by atoms with Gasteiger partial charge in [-0.15, -0.1) is 0 Å². The van der Waals surface area contributed by atoms with Gasteiger partial charge < -0.3 is 19.1 Å². The van der Waals surface area contributed by atoms with Crippen LogP contribution in [-0.4, -0.2) is 46.2 Å². The molecular weight excluding hydrogens is 484 g/mol. The first-order valence-electron chi connectivity index (χ1n) is 11.5. The summed E-state index contributed by atoms with van der Waals surface area (Å²) in [6, 6.07) is 17.9. The zero-order chi connectivity index (χ0) is 25.3.